The van der Waals surface area contributed by atoms with Crippen molar-refractivity contribution in [3.05, 3.63) is 28.2 Å². The molecule has 1 aromatic carbocycles. The normalized spacial score (nSPS) is 15.5. The van der Waals surface area contributed by atoms with E-state index < -0.39 is 5.97 Å². The van der Waals surface area contributed by atoms with Crippen LogP contribution in [0.5, 0.6) is 0 Å². The molecule has 0 atom stereocenters. The van der Waals surface area contributed by atoms with E-state index in [9.17, 15) is 9.59 Å². The molecule has 0 aromatic heterocycles. The number of amides is 2. The summed E-state index contributed by atoms with van der Waals surface area (Å²) in [4.78, 5) is 22.8. The second kappa shape index (κ2) is 7.42. The van der Waals surface area contributed by atoms with Crippen LogP contribution in [0.15, 0.2) is 22.7 Å². The Morgan fingerprint density at radius 1 is 1.33 bits per heavy atom. The van der Waals surface area contributed by atoms with Crippen LogP contribution in [0.2, 0.25) is 0 Å². The lowest BCUT2D eigenvalue weighted by atomic mass is 10.0. The van der Waals surface area contributed by atoms with Crippen molar-refractivity contribution in [2.75, 3.05) is 25.1 Å². The number of urea groups is 1. The molecule has 1 aliphatic rings. The van der Waals surface area contributed by atoms with Gasteiger partial charge in [0.15, 0.2) is 0 Å². The van der Waals surface area contributed by atoms with Crippen molar-refractivity contribution in [3.8, 4) is 0 Å². The number of ether oxygens (including phenoxy) is 1. The molecule has 7 heteroatoms. The van der Waals surface area contributed by atoms with E-state index in [1.807, 2.05) is 0 Å². The van der Waals surface area contributed by atoms with Gasteiger partial charge in [0.25, 0.3) is 0 Å². The Labute approximate surface area is 131 Å². The average molecular weight is 357 g/mol. The van der Waals surface area contributed by atoms with Gasteiger partial charge in [0, 0.05) is 24.2 Å². The Hall–Kier alpha value is -1.60. The summed E-state index contributed by atoms with van der Waals surface area (Å²) in [5.41, 5.74) is 0.553. The summed E-state index contributed by atoms with van der Waals surface area (Å²) >= 11 is 3.28. The van der Waals surface area contributed by atoms with Gasteiger partial charge in [-0.1, -0.05) is 0 Å². The van der Waals surface area contributed by atoms with Crippen LogP contribution in [-0.4, -0.2) is 36.9 Å². The SMILES string of the molecule is O=C(NCC1CCOCC1)Nc1cc(C(=O)O)ccc1Br. The van der Waals surface area contributed by atoms with Crippen LogP contribution in [0, 0.1) is 5.92 Å². The Bertz CT molecular complexity index is 530. The average Bonchev–Trinajstić information content (AvgIpc) is 2.48. The minimum Gasteiger partial charge on any atom is -0.478 e. The van der Waals surface area contributed by atoms with E-state index in [-0.39, 0.29) is 11.6 Å². The number of hydrogen-bond acceptors (Lipinski definition) is 3. The van der Waals surface area contributed by atoms with Gasteiger partial charge in [-0.3, -0.25) is 0 Å². The number of anilines is 1. The fraction of sp³-hybridized carbons (Fsp3) is 0.429. The van der Waals surface area contributed by atoms with Gasteiger partial charge in [0.1, 0.15) is 0 Å². The molecule has 1 aromatic rings. The van der Waals surface area contributed by atoms with Gasteiger partial charge in [-0.05, 0) is 52.9 Å². The predicted molar refractivity (Wildman–Crippen MR) is 81.7 cm³/mol. The molecule has 3 N–H and O–H groups in total. The molecule has 2 rings (SSSR count). The number of carbonyl (C=O) groups excluding carboxylic acids is 1. The maximum absolute atomic E-state index is 11.9. The van der Waals surface area contributed by atoms with Crippen LogP contribution in [0.3, 0.4) is 0 Å². The zero-order valence-corrected chi connectivity index (χ0v) is 13.0. The smallest absolute Gasteiger partial charge is 0.335 e. The molecule has 114 valence electrons. The second-order valence-corrected chi connectivity index (χ2v) is 5.74. The van der Waals surface area contributed by atoms with Gasteiger partial charge < -0.3 is 20.5 Å². The van der Waals surface area contributed by atoms with Gasteiger partial charge in [-0.25, -0.2) is 9.59 Å². The lowest BCUT2D eigenvalue weighted by molar-refractivity contribution is 0.0670. The summed E-state index contributed by atoms with van der Waals surface area (Å²) in [5.74, 6) is -0.605. The van der Waals surface area contributed by atoms with E-state index in [0.717, 1.165) is 26.1 Å². The van der Waals surface area contributed by atoms with E-state index >= 15 is 0 Å². The summed E-state index contributed by atoms with van der Waals surface area (Å²) in [5, 5.41) is 14.4. The van der Waals surface area contributed by atoms with E-state index in [4.69, 9.17) is 9.84 Å². The van der Waals surface area contributed by atoms with Crippen molar-refractivity contribution in [1.29, 1.82) is 0 Å². The Balaban J connectivity index is 1.89. The van der Waals surface area contributed by atoms with Crippen molar-refractivity contribution in [2.45, 2.75) is 12.8 Å². The number of halogens is 1. The first-order chi connectivity index (χ1) is 10.1. The highest BCUT2D eigenvalue weighted by molar-refractivity contribution is 9.10. The van der Waals surface area contributed by atoms with Crippen LogP contribution < -0.4 is 10.6 Å². The number of carbonyl (C=O) groups is 2. The van der Waals surface area contributed by atoms with Gasteiger partial charge in [0.2, 0.25) is 0 Å². The largest absolute Gasteiger partial charge is 0.478 e. The molecular formula is C14H17BrN2O4. The van der Waals surface area contributed by atoms with E-state index in [2.05, 4.69) is 26.6 Å². The van der Waals surface area contributed by atoms with Crippen LogP contribution in [0.1, 0.15) is 23.2 Å². The maximum Gasteiger partial charge on any atom is 0.335 e. The molecule has 21 heavy (non-hydrogen) atoms. The molecule has 6 nitrogen and oxygen atoms in total. The first kappa shape index (κ1) is 15.8. The maximum atomic E-state index is 11.9. The Kier molecular flexibility index (Phi) is 5.58. The molecule has 1 saturated heterocycles. The van der Waals surface area contributed by atoms with Crippen molar-refractivity contribution >= 4 is 33.6 Å². The molecule has 1 fully saturated rings. The minimum absolute atomic E-state index is 0.123. The summed E-state index contributed by atoms with van der Waals surface area (Å²) in [6, 6.07) is 4.14. The summed E-state index contributed by atoms with van der Waals surface area (Å²) < 4.78 is 5.90. The number of hydrogen-bond donors (Lipinski definition) is 3. The van der Waals surface area contributed by atoms with E-state index in [1.165, 1.54) is 12.1 Å². The van der Waals surface area contributed by atoms with Crippen molar-refractivity contribution in [3.63, 3.8) is 0 Å². The highest BCUT2D eigenvalue weighted by Gasteiger charge is 2.15. The fourth-order valence-corrected chi connectivity index (χ4v) is 2.45. The third-order valence-electron chi connectivity index (χ3n) is 3.35. The highest BCUT2D eigenvalue weighted by Crippen LogP contribution is 2.23. The van der Waals surface area contributed by atoms with Gasteiger partial charge >= 0.3 is 12.0 Å². The quantitative estimate of drug-likeness (QED) is 0.773. The monoisotopic (exact) mass is 356 g/mol. The summed E-state index contributed by atoms with van der Waals surface area (Å²) in [6.07, 6.45) is 1.89. The lowest BCUT2D eigenvalue weighted by Crippen LogP contribution is -2.35. The molecule has 0 aliphatic carbocycles. The standard InChI is InChI=1S/C14H17BrN2O4/c15-11-2-1-10(13(18)19)7-12(11)17-14(20)16-8-9-3-5-21-6-4-9/h1-2,7,9H,3-6,8H2,(H,18,19)(H2,16,17,20). The van der Waals surface area contributed by atoms with Crippen molar-refractivity contribution in [1.82, 2.24) is 5.32 Å². The van der Waals surface area contributed by atoms with Gasteiger partial charge in [-0.15, -0.1) is 0 Å². The van der Waals surface area contributed by atoms with Crippen LogP contribution >= 0.6 is 15.9 Å². The molecular weight excluding hydrogens is 340 g/mol. The predicted octanol–water partition coefficient (Wildman–Crippen LogP) is 2.70. The number of aromatic carboxylic acids is 1. The highest BCUT2D eigenvalue weighted by atomic mass is 79.9. The van der Waals surface area contributed by atoms with E-state index in [0.29, 0.717) is 22.6 Å². The van der Waals surface area contributed by atoms with Gasteiger partial charge in [-0.2, -0.15) is 0 Å². The molecule has 0 saturated carbocycles. The number of rotatable bonds is 4. The third-order valence-corrected chi connectivity index (χ3v) is 4.05. The number of carboxylic acid groups (broad SMARTS) is 1. The van der Waals surface area contributed by atoms with Crippen molar-refractivity contribution < 1.29 is 19.4 Å². The second-order valence-electron chi connectivity index (χ2n) is 4.89. The van der Waals surface area contributed by atoms with Crippen molar-refractivity contribution in [2.24, 2.45) is 5.92 Å². The molecule has 1 heterocycles. The molecule has 0 spiro atoms. The lowest BCUT2D eigenvalue weighted by Gasteiger charge is -2.22. The molecule has 0 unspecified atom stereocenters. The summed E-state index contributed by atoms with van der Waals surface area (Å²) in [6.45, 7) is 2.06. The van der Waals surface area contributed by atoms with E-state index in [1.54, 1.807) is 6.07 Å². The number of nitrogens with one attached hydrogen (secondary N) is 2. The Morgan fingerprint density at radius 3 is 2.71 bits per heavy atom. The molecule has 0 radical (unpaired) electrons. The minimum atomic E-state index is -1.03. The van der Waals surface area contributed by atoms with Gasteiger partial charge in [0.05, 0.1) is 11.3 Å². The number of carboxylic acids is 1. The number of benzene rings is 1. The van der Waals surface area contributed by atoms with Crippen LogP contribution in [0.4, 0.5) is 10.5 Å². The first-order valence-corrected chi connectivity index (χ1v) is 7.51. The van der Waals surface area contributed by atoms with Crippen LogP contribution in [-0.2, 0) is 4.74 Å². The summed E-state index contributed by atoms with van der Waals surface area (Å²) in [7, 11) is 0. The fourth-order valence-electron chi connectivity index (χ4n) is 2.11. The molecule has 0 bridgehead atoms. The third kappa shape index (κ3) is 4.71. The zero-order chi connectivity index (χ0) is 15.2. The van der Waals surface area contributed by atoms with Crippen LogP contribution in [0.25, 0.3) is 0 Å². The topological polar surface area (TPSA) is 87.7 Å². The molecule has 1 aliphatic heterocycles. The zero-order valence-electron chi connectivity index (χ0n) is 11.4. The Morgan fingerprint density at radius 2 is 2.05 bits per heavy atom. The molecule has 2 amide bonds. The first-order valence-electron chi connectivity index (χ1n) is 6.71.